The molecule has 27 heavy (non-hydrogen) atoms. The smallest absolute Gasteiger partial charge is 0.334 e. The lowest BCUT2D eigenvalue weighted by Crippen LogP contribution is -2.44. The number of allylic oxidation sites excluding steroid dienone is 2. The Bertz CT molecular complexity index is 799. The van der Waals surface area contributed by atoms with Crippen LogP contribution in [0, 0.1) is 17.8 Å². The summed E-state index contributed by atoms with van der Waals surface area (Å²) >= 11 is 0. The first-order valence-corrected chi connectivity index (χ1v) is 8.98. The van der Waals surface area contributed by atoms with E-state index in [4.69, 9.17) is 14.2 Å². The maximum absolute atomic E-state index is 12.4. The summed E-state index contributed by atoms with van der Waals surface area (Å²) in [5.74, 6) is -2.76. The van der Waals surface area contributed by atoms with E-state index in [0.29, 0.717) is 0 Å². The van der Waals surface area contributed by atoms with Crippen LogP contribution >= 0.6 is 0 Å². The molecule has 0 N–H and O–H groups in total. The largest absolute Gasteiger partial charge is 0.457 e. The topological polar surface area (TPSA) is 78.9 Å². The Balaban J connectivity index is 2.15. The molecule has 3 aliphatic rings. The molecule has 144 valence electrons. The Kier molecular flexibility index (Phi) is 4.84. The average Bonchev–Trinajstić information content (AvgIpc) is 3.07. The molecule has 5 atom stereocenters. The van der Waals surface area contributed by atoms with Crippen molar-refractivity contribution in [1.82, 2.24) is 0 Å². The number of hydrogen-bond donors (Lipinski definition) is 0. The third-order valence-corrected chi connectivity index (χ3v) is 5.35. The molecule has 2 aliphatic carbocycles. The van der Waals surface area contributed by atoms with E-state index in [0.717, 1.165) is 16.7 Å². The Morgan fingerprint density at radius 3 is 2.44 bits per heavy atom. The van der Waals surface area contributed by atoms with Crippen molar-refractivity contribution < 1.29 is 28.6 Å². The molecule has 1 heterocycles. The third-order valence-electron chi connectivity index (χ3n) is 5.35. The van der Waals surface area contributed by atoms with Crippen LogP contribution in [-0.2, 0) is 28.6 Å². The Hall–Kier alpha value is -2.63. The molecular formula is C21H24O6. The van der Waals surface area contributed by atoms with Gasteiger partial charge in [-0.15, -0.1) is 0 Å². The predicted molar refractivity (Wildman–Crippen MR) is 97.3 cm³/mol. The minimum Gasteiger partial charge on any atom is -0.457 e. The van der Waals surface area contributed by atoms with E-state index in [1.165, 1.54) is 6.92 Å². The van der Waals surface area contributed by atoms with Gasteiger partial charge in [0.1, 0.15) is 6.10 Å². The molecule has 6 heteroatoms. The highest BCUT2D eigenvalue weighted by atomic mass is 16.6. The van der Waals surface area contributed by atoms with Crippen molar-refractivity contribution in [2.75, 3.05) is 0 Å². The van der Waals surface area contributed by atoms with Crippen LogP contribution in [0.25, 0.3) is 0 Å². The second kappa shape index (κ2) is 6.83. The van der Waals surface area contributed by atoms with Gasteiger partial charge >= 0.3 is 17.9 Å². The highest BCUT2D eigenvalue weighted by Crippen LogP contribution is 2.49. The van der Waals surface area contributed by atoms with Gasteiger partial charge in [0, 0.05) is 18.4 Å². The van der Waals surface area contributed by atoms with E-state index in [-0.39, 0.29) is 17.4 Å². The van der Waals surface area contributed by atoms with Crippen molar-refractivity contribution in [3.63, 3.8) is 0 Å². The third kappa shape index (κ3) is 3.13. The van der Waals surface area contributed by atoms with E-state index in [1.807, 2.05) is 19.1 Å². The molecule has 0 saturated carbocycles. The molecular weight excluding hydrogens is 348 g/mol. The van der Waals surface area contributed by atoms with Crippen LogP contribution in [0.1, 0.15) is 27.7 Å². The van der Waals surface area contributed by atoms with Crippen LogP contribution in [0.15, 0.2) is 47.6 Å². The quantitative estimate of drug-likeness (QED) is 0.431. The number of fused-ring (bicyclic) bond motifs is 3. The van der Waals surface area contributed by atoms with Crippen molar-refractivity contribution >= 4 is 17.9 Å². The first kappa shape index (κ1) is 19.1. The molecule has 6 nitrogen and oxygen atoms in total. The van der Waals surface area contributed by atoms with Gasteiger partial charge in [0.25, 0.3) is 0 Å². The minimum atomic E-state index is -0.896. The fourth-order valence-corrected chi connectivity index (χ4v) is 3.97. The molecule has 3 rings (SSSR count). The number of esters is 3. The second-order valence-electron chi connectivity index (χ2n) is 7.53. The van der Waals surface area contributed by atoms with Gasteiger partial charge in [0.2, 0.25) is 0 Å². The lowest BCUT2D eigenvalue weighted by molar-refractivity contribution is -0.171. The molecule has 0 unspecified atom stereocenters. The van der Waals surface area contributed by atoms with Gasteiger partial charge in [0.05, 0.1) is 11.8 Å². The van der Waals surface area contributed by atoms with Crippen molar-refractivity contribution in [1.29, 1.82) is 0 Å². The van der Waals surface area contributed by atoms with Gasteiger partial charge in [-0.2, -0.15) is 0 Å². The van der Waals surface area contributed by atoms with Gasteiger partial charge < -0.3 is 14.2 Å². The van der Waals surface area contributed by atoms with Gasteiger partial charge in [-0.25, -0.2) is 4.79 Å². The number of ether oxygens (including phenoxy) is 3. The molecule has 0 bridgehead atoms. The maximum atomic E-state index is 12.4. The van der Waals surface area contributed by atoms with Gasteiger partial charge in [-0.3, -0.25) is 9.59 Å². The monoisotopic (exact) mass is 372 g/mol. The van der Waals surface area contributed by atoms with E-state index < -0.39 is 42.1 Å². The summed E-state index contributed by atoms with van der Waals surface area (Å²) in [6.45, 7) is 14.5. The fraction of sp³-hybridized carbons (Fsp3) is 0.476. The zero-order chi connectivity index (χ0) is 20.0. The molecule has 0 spiro atoms. The van der Waals surface area contributed by atoms with Gasteiger partial charge in [0.15, 0.2) is 12.2 Å². The molecule has 1 saturated heterocycles. The van der Waals surface area contributed by atoms with E-state index in [1.54, 1.807) is 13.8 Å². The van der Waals surface area contributed by atoms with Gasteiger partial charge in [-0.05, 0) is 23.6 Å². The second-order valence-corrected chi connectivity index (χ2v) is 7.53. The van der Waals surface area contributed by atoms with E-state index >= 15 is 0 Å². The van der Waals surface area contributed by atoms with Crippen molar-refractivity contribution in [3.8, 4) is 0 Å². The molecule has 0 radical (unpaired) electrons. The summed E-state index contributed by atoms with van der Waals surface area (Å²) in [5.41, 5.74) is 2.63. The molecule has 1 aliphatic heterocycles. The SMILES string of the molecule is C=C1C=CC2=C(C)[C@H](OC(C)=O)[C@H](OC(=O)C(C)C)[C@H]3C(=C)C(=O)O[C@@H]3[C@@H]12. The predicted octanol–water partition coefficient (Wildman–Crippen LogP) is 2.66. The number of carbonyl (C=O) groups is 3. The van der Waals surface area contributed by atoms with Crippen molar-refractivity contribution in [2.45, 2.75) is 46.0 Å². The molecule has 0 aromatic carbocycles. The highest BCUT2D eigenvalue weighted by molar-refractivity contribution is 5.91. The van der Waals surface area contributed by atoms with Gasteiger partial charge in [-0.1, -0.05) is 39.2 Å². The van der Waals surface area contributed by atoms with E-state index in [2.05, 4.69) is 13.2 Å². The molecule has 0 aromatic rings. The van der Waals surface area contributed by atoms with Crippen LogP contribution in [0.4, 0.5) is 0 Å². The summed E-state index contributed by atoms with van der Waals surface area (Å²) in [7, 11) is 0. The maximum Gasteiger partial charge on any atom is 0.334 e. The first-order chi connectivity index (χ1) is 12.6. The van der Waals surface area contributed by atoms with Crippen molar-refractivity contribution in [3.05, 3.63) is 47.6 Å². The standard InChI is InChI=1S/C21H24O6/c1-9(2)20(23)27-19-16-12(5)21(24)26-18(16)15-10(3)7-8-14(15)11(4)17(19)25-13(6)22/h7-9,15-19H,3,5H2,1-2,4,6H3/t15-,16-,17-,18+,19+/m0/s1. The van der Waals surface area contributed by atoms with Crippen molar-refractivity contribution in [2.24, 2.45) is 17.8 Å². The lowest BCUT2D eigenvalue weighted by Gasteiger charge is -2.32. The average molecular weight is 372 g/mol. The van der Waals surface area contributed by atoms with Crippen LogP contribution in [-0.4, -0.2) is 36.2 Å². The van der Waals surface area contributed by atoms with Crippen LogP contribution in [0.5, 0.6) is 0 Å². The summed E-state index contributed by atoms with van der Waals surface area (Å²) < 4.78 is 16.9. The minimum absolute atomic E-state index is 0.215. The normalized spacial score (nSPS) is 32.2. The summed E-state index contributed by atoms with van der Waals surface area (Å²) in [4.78, 5) is 36.5. The van der Waals surface area contributed by atoms with Crippen LogP contribution in [0.2, 0.25) is 0 Å². The lowest BCUT2D eigenvalue weighted by atomic mass is 9.82. The zero-order valence-corrected chi connectivity index (χ0v) is 16.0. The molecule has 0 amide bonds. The highest BCUT2D eigenvalue weighted by Gasteiger charge is 2.56. The van der Waals surface area contributed by atoms with Crippen LogP contribution in [0.3, 0.4) is 0 Å². The van der Waals surface area contributed by atoms with E-state index in [9.17, 15) is 14.4 Å². The molecule has 1 fully saturated rings. The number of rotatable bonds is 3. The Labute approximate surface area is 158 Å². The zero-order valence-electron chi connectivity index (χ0n) is 16.0. The Morgan fingerprint density at radius 2 is 1.85 bits per heavy atom. The Morgan fingerprint density at radius 1 is 1.19 bits per heavy atom. The number of hydrogen-bond acceptors (Lipinski definition) is 6. The number of carbonyl (C=O) groups excluding carboxylic acids is 3. The summed E-state index contributed by atoms with van der Waals surface area (Å²) in [6, 6.07) is 0. The molecule has 0 aromatic heterocycles. The first-order valence-electron chi connectivity index (χ1n) is 8.98. The van der Waals surface area contributed by atoms with Crippen LogP contribution < -0.4 is 0 Å². The summed E-state index contributed by atoms with van der Waals surface area (Å²) in [5, 5.41) is 0. The summed E-state index contributed by atoms with van der Waals surface area (Å²) in [6.07, 6.45) is 1.41. The fourth-order valence-electron chi connectivity index (χ4n) is 3.97.